The van der Waals surface area contributed by atoms with Crippen LogP contribution in [-0.4, -0.2) is 27.6 Å². The zero-order valence-electron chi connectivity index (χ0n) is 20.2. The minimum Gasteiger partial charge on any atom is -0.465 e. The van der Waals surface area contributed by atoms with Crippen LogP contribution in [0, 0.1) is 0 Å². The van der Waals surface area contributed by atoms with Crippen LogP contribution in [0.5, 0.6) is 5.75 Å². The van der Waals surface area contributed by atoms with Crippen molar-refractivity contribution in [2.75, 3.05) is 0 Å². The normalized spacial score (nSPS) is 15.1. The summed E-state index contributed by atoms with van der Waals surface area (Å²) >= 11 is 1.79. The van der Waals surface area contributed by atoms with Crippen LogP contribution in [0.1, 0.15) is 82.1 Å². The molecule has 0 fully saturated rings. The molecule has 1 aromatic rings. The van der Waals surface area contributed by atoms with Gasteiger partial charge in [0.15, 0.2) is 0 Å². The lowest BCUT2D eigenvalue weighted by Crippen LogP contribution is -2.32. The van der Waals surface area contributed by atoms with Gasteiger partial charge in [-0.15, -0.1) is 16.9 Å². The van der Waals surface area contributed by atoms with Gasteiger partial charge in [-0.05, 0) is 72.7 Å². The Morgan fingerprint density at radius 3 is 1.93 bits per heavy atom. The van der Waals surface area contributed by atoms with E-state index in [1.807, 2.05) is 72.7 Å². The summed E-state index contributed by atoms with van der Waals surface area (Å²) < 4.78 is 6.29. The topological polar surface area (TPSA) is 69.5 Å². The summed E-state index contributed by atoms with van der Waals surface area (Å²) in [6, 6.07) is 7.88. The molecule has 0 N–H and O–H groups in total. The highest BCUT2D eigenvalue weighted by molar-refractivity contribution is 8.00. The summed E-state index contributed by atoms with van der Waals surface area (Å²) in [7, 11) is 0. The van der Waals surface area contributed by atoms with Crippen LogP contribution in [0.15, 0.2) is 39.4 Å². The summed E-state index contributed by atoms with van der Waals surface area (Å²) in [5, 5.41) is 8.80. The molecule has 0 bridgehead atoms. The number of nitrogens with zero attached hydrogens (tertiary/aromatic N) is 2. The monoisotopic (exact) mass is 438 g/mol. The Kier molecular flexibility index (Phi) is 8.93. The molecular weight excluding hydrogens is 400 g/mol. The fraction of sp³-hybridized carbons (Fsp3) is 0.696. The minimum atomic E-state index is -1.01. The molecule has 7 heteroatoms. The van der Waals surface area contributed by atoms with Crippen molar-refractivity contribution in [2.45, 2.75) is 109 Å². The van der Waals surface area contributed by atoms with Crippen LogP contribution >= 0.6 is 11.8 Å². The Bertz CT molecular complexity index is 713. The fourth-order valence-electron chi connectivity index (χ4n) is 2.11. The van der Waals surface area contributed by atoms with Gasteiger partial charge in [0.05, 0.1) is 12.0 Å². The molecule has 0 saturated carbocycles. The number of benzene rings is 1. The summed E-state index contributed by atoms with van der Waals surface area (Å²) in [6.07, 6.45) is 0.394. The second-order valence-corrected chi connectivity index (χ2v) is 12.4. The molecule has 30 heavy (non-hydrogen) atoms. The predicted octanol–water partition coefficient (Wildman–Crippen LogP) is 6.98. The Labute approximate surface area is 186 Å². The van der Waals surface area contributed by atoms with Gasteiger partial charge >= 0.3 is 5.97 Å². The first kappa shape index (κ1) is 26.4. The fourth-order valence-corrected chi connectivity index (χ4v) is 3.09. The van der Waals surface area contributed by atoms with Gasteiger partial charge in [0.1, 0.15) is 11.4 Å². The van der Waals surface area contributed by atoms with Crippen molar-refractivity contribution in [3.63, 3.8) is 0 Å². The largest absolute Gasteiger partial charge is 0.465 e. The number of rotatable bonds is 8. The molecule has 1 aromatic carbocycles. The molecule has 0 saturated heterocycles. The van der Waals surface area contributed by atoms with Gasteiger partial charge in [0.25, 0.3) is 0 Å². The summed E-state index contributed by atoms with van der Waals surface area (Å²) in [4.78, 5) is 23.2. The van der Waals surface area contributed by atoms with Gasteiger partial charge in [-0.2, -0.15) is 10.0 Å². The molecule has 0 spiro atoms. The van der Waals surface area contributed by atoms with Crippen molar-refractivity contribution in [3.05, 3.63) is 24.3 Å². The van der Waals surface area contributed by atoms with Gasteiger partial charge < -0.3 is 4.74 Å². The number of carbonyl (C=O) groups is 1. The van der Waals surface area contributed by atoms with Crippen molar-refractivity contribution in [3.8, 4) is 5.75 Å². The zero-order chi connectivity index (χ0) is 23.2. The van der Waals surface area contributed by atoms with Crippen LogP contribution in [0.3, 0.4) is 0 Å². The highest BCUT2D eigenvalue weighted by Gasteiger charge is 2.29. The number of carbonyl (C=O) groups excluding carboxylic acids is 1. The van der Waals surface area contributed by atoms with E-state index in [0.717, 1.165) is 4.90 Å². The number of azo groups is 1. The number of hydrogen-bond donors (Lipinski definition) is 0. The van der Waals surface area contributed by atoms with Gasteiger partial charge in [-0.25, -0.2) is 4.79 Å². The number of hydrogen-bond acceptors (Lipinski definition) is 7. The number of thioether (sulfide) groups is 1. The molecule has 0 amide bonds. The smallest absolute Gasteiger partial charge is 0.342 e. The number of ether oxygens (including phenoxy) is 1. The van der Waals surface area contributed by atoms with E-state index in [0.29, 0.717) is 12.2 Å². The second kappa shape index (κ2) is 10.1. The molecule has 0 heterocycles. The molecule has 1 atom stereocenters. The Morgan fingerprint density at radius 2 is 1.47 bits per heavy atom. The molecule has 0 aliphatic rings. The van der Waals surface area contributed by atoms with E-state index in [-0.39, 0.29) is 16.7 Å². The molecule has 6 nitrogen and oxygen atoms in total. The van der Waals surface area contributed by atoms with Crippen LogP contribution in [-0.2, 0) is 14.6 Å². The van der Waals surface area contributed by atoms with Crippen LogP contribution < -0.4 is 4.74 Å². The molecule has 0 aromatic heterocycles. The van der Waals surface area contributed by atoms with Crippen molar-refractivity contribution >= 4 is 17.7 Å². The molecule has 1 rings (SSSR count). The highest BCUT2D eigenvalue weighted by Crippen LogP contribution is 2.34. The van der Waals surface area contributed by atoms with E-state index in [2.05, 4.69) is 31.0 Å². The predicted molar refractivity (Wildman–Crippen MR) is 122 cm³/mol. The lowest BCUT2D eigenvalue weighted by atomic mass is 10.1. The average molecular weight is 439 g/mol. The third-order valence-corrected chi connectivity index (χ3v) is 4.44. The molecule has 170 valence electrons. The van der Waals surface area contributed by atoms with Crippen molar-refractivity contribution in [2.24, 2.45) is 10.2 Å². The Hall–Kier alpha value is -1.60. The first-order valence-electron chi connectivity index (χ1n) is 10.3. The summed E-state index contributed by atoms with van der Waals surface area (Å²) in [5.41, 5.74) is -1.92. The lowest BCUT2D eigenvalue weighted by Gasteiger charge is -2.27. The van der Waals surface area contributed by atoms with Crippen molar-refractivity contribution < 1.29 is 19.3 Å². The van der Waals surface area contributed by atoms with Crippen molar-refractivity contribution in [1.29, 1.82) is 0 Å². The maximum absolute atomic E-state index is 12.1. The molecule has 0 aliphatic heterocycles. The maximum Gasteiger partial charge on any atom is 0.342 e. The maximum atomic E-state index is 12.1. The third-order valence-electron chi connectivity index (χ3n) is 3.32. The van der Waals surface area contributed by atoms with E-state index in [1.54, 1.807) is 11.8 Å². The van der Waals surface area contributed by atoms with Gasteiger partial charge in [-0.3, -0.25) is 4.89 Å². The SMILES string of the molecule is CC(C)(C)/N=N/C(C)(CCC(=O)OOC(C)(C)C)Oc1ccc(SC(C)(C)C)cc1. The second-order valence-electron chi connectivity index (χ2n) is 10.5. The van der Waals surface area contributed by atoms with E-state index in [1.165, 1.54) is 0 Å². The molecular formula is C23H38N2O4S. The first-order valence-corrected chi connectivity index (χ1v) is 11.1. The quantitative estimate of drug-likeness (QED) is 0.190. The first-order chi connectivity index (χ1) is 13.5. The van der Waals surface area contributed by atoms with E-state index in [9.17, 15) is 4.79 Å². The van der Waals surface area contributed by atoms with Gasteiger partial charge in [0, 0.05) is 16.1 Å². The van der Waals surface area contributed by atoms with Gasteiger partial charge in [-0.1, -0.05) is 20.8 Å². The van der Waals surface area contributed by atoms with E-state index < -0.39 is 17.3 Å². The molecule has 0 radical (unpaired) electrons. The van der Waals surface area contributed by atoms with Crippen LogP contribution in [0.2, 0.25) is 0 Å². The molecule has 0 aliphatic carbocycles. The van der Waals surface area contributed by atoms with Gasteiger partial charge in [0.2, 0.25) is 5.72 Å². The third kappa shape index (κ3) is 12.2. The average Bonchev–Trinajstić information content (AvgIpc) is 2.56. The minimum absolute atomic E-state index is 0.0910. The van der Waals surface area contributed by atoms with Crippen LogP contribution in [0.4, 0.5) is 0 Å². The summed E-state index contributed by atoms with van der Waals surface area (Å²) in [6.45, 7) is 19.7. The van der Waals surface area contributed by atoms with E-state index in [4.69, 9.17) is 14.5 Å². The zero-order valence-corrected chi connectivity index (χ0v) is 21.0. The Morgan fingerprint density at radius 1 is 0.900 bits per heavy atom. The Balaban J connectivity index is 2.89. The van der Waals surface area contributed by atoms with Crippen molar-refractivity contribution in [1.82, 2.24) is 0 Å². The molecule has 1 unspecified atom stereocenters. The standard InChI is InChI=1S/C23H38N2O4S/c1-20(2,3)24-25-23(10,16-15-19(26)28-29-21(4,5)6)27-17-11-13-18(14-12-17)30-22(7,8)9/h11-14H,15-16H2,1-10H3/b25-24+. The highest BCUT2D eigenvalue weighted by atomic mass is 32.2. The van der Waals surface area contributed by atoms with E-state index >= 15 is 0 Å². The lowest BCUT2D eigenvalue weighted by molar-refractivity contribution is -0.320. The van der Waals surface area contributed by atoms with Crippen LogP contribution in [0.25, 0.3) is 0 Å². The summed E-state index contributed by atoms with van der Waals surface area (Å²) in [5.74, 6) is 0.200.